The Bertz CT molecular complexity index is 832. The van der Waals surface area contributed by atoms with E-state index in [0.29, 0.717) is 22.2 Å². The van der Waals surface area contributed by atoms with Gasteiger partial charge in [-0.3, -0.25) is 10.1 Å². The van der Waals surface area contributed by atoms with Gasteiger partial charge >= 0.3 is 0 Å². The van der Waals surface area contributed by atoms with Crippen molar-refractivity contribution in [3.05, 3.63) is 35.3 Å². The molecule has 2 heterocycles. The number of carbonyl (C=O) groups is 1. The first-order chi connectivity index (χ1) is 12.1. The largest absolute Gasteiger partial charge is 0.411 e. The van der Waals surface area contributed by atoms with Crippen molar-refractivity contribution < 1.29 is 9.21 Å². The Morgan fingerprint density at radius 2 is 2.00 bits per heavy atom. The van der Waals surface area contributed by atoms with Crippen LogP contribution < -0.4 is 5.32 Å². The third kappa shape index (κ3) is 5.10. The van der Waals surface area contributed by atoms with E-state index in [0.717, 1.165) is 17.0 Å². The zero-order valence-corrected chi connectivity index (χ0v) is 15.4. The van der Waals surface area contributed by atoms with Crippen molar-refractivity contribution in [1.82, 2.24) is 20.4 Å². The molecule has 0 saturated carbocycles. The number of amides is 1. The van der Waals surface area contributed by atoms with Crippen LogP contribution >= 0.6 is 23.1 Å². The Hall–Kier alpha value is -2.26. The number of carbonyl (C=O) groups excluding carboxylic acids is 1. The van der Waals surface area contributed by atoms with Crippen LogP contribution in [0.2, 0.25) is 0 Å². The highest BCUT2D eigenvalue weighted by molar-refractivity contribution is 7.99. The molecule has 0 radical (unpaired) electrons. The summed E-state index contributed by atoms with van der Waals surface area (Å²) in [6, 6.07) is 9.49. The number of hydrogen-bond donors (Lipinski definition) is 1. The lowest BCUT2D eigenvalue weighted by molar-refractivity contribution is -0.113. The molecule has 0 aliphatic carbocycles. The van der Waals surface area contributed by atoms with Gasteiger partial charge in [0.15, 0.2) is 0 Å². The molecule has 3 aromatic rings. The van der Waals surface area contributed by atoms with Crippen LogP contribution in [0, 0.1) is 5.92 Å². The summed E-state index contributed by atoms with van der Waals surface area (Å²) in [5.41, 5.74) is 0.845. The first kappa shape index (κ1) is 17.6. The normalized spacial score (nSPS) is 11.0. The van der Waals surface area contributed by atoms with E-state index in [1.54, 1.807) is 0 Å². The van der Waals surface area contributed by atoms with Crippen LogP contribution in [0.4, 0.5) is 5.13 Å². The fourth-order valence-corrected chi connectivity index (χ4v) is 3.52. The smallest absolute Gasteiger partial charge is 0.277 e. The van der Waals surface area contributed by atoms with Crippen LogP contribution in [0.3, 0.4) is 0 Å². The van der Waals surface area contributed by atoms with Crippen LogP contribution in [0.1, 0.15) is 18.9 Å². The molecule has 0 fully saturated rings. The molecule has 0 atom stereocenters. The fraction of sp³-hybridized carbons (Fsp3) is 0.312. The monoisotopic (exact) mass is 375 g/mol. The molecule has 2 aromatic heterocycles. The fourth-order valence-electron chi connectivity index (χ4n) is 1.98. The highest BCUT2D eigenvalue weighted by Crippen LogP contribution is 2.23. The van der Waals surface area contributed by atoms with E-state index in [4.69, 9.17) is 4.42 Å². The molecule has 0 aliphatic heterocycles. The minimum atomic E-state index is -0.184. The maximum absolute atomic E-state index is 12.0. The molecule has 0 aliphatic rings. The molecule has 0 unspecified atom stereocenters. The number of benzene rings is 1. The Kier molecular flexibility index (Phi) is 5.77. The summed E-state index contributed by atoms with van der Waals surface area (Å²) in [4.78, 5) is 12.0. The summed E-state index contributed by atoms with van der Waals surface area (Å²) in [5, 5.41) is 20.5. The van der Waals surface area contributed by atoms with E-state index >= 15 is 0 Å². The third-order valence-corrected chi connectivity index (χ3v) is 4.73. The maximum atomic E-state index is 12.0. The van der Waals surface area contributed by atoms with Crippen molar-refractivity contribution in [2.75, 3.05) is 11.1 Å². The predicted molar refractivity (Wildman–Crippen MR) is 97.5 cm³/mol. The van der Waals surface area contributed by atoms with Crippen molar-refractivity contribution in [3.63, 3.8) is 0 Å². The molecular formula is C16H17N5O2S2. The van der Waals surface area contributed by atoms with E-state index in [1.165, 1.54) is 23.1 Å². The van der Waals surface area contributed by atoms with E-state index in [2.05, 4.69) is 39.6 Å². The van der Waals surface area contributed by atoms with Crippen molar-refractivity contribution >= 4 is 34.1 Å². The molecular weight excluding hydrogens is 358 g/mol. The van der Waals surface area contributed by atoms with Gasteiger partial charge < -0.3 is 4.42 Å². The summed E-state index contributed by atoms with van der Waals surface area (Å²) >= 11 is 2.58. The first-order valence-corrected chi connectivity index (χ1v) is 9.54. The van der Waals surface area contributed by atoms with Crippen LogP contribution in [-0.4, -0.2) is 32.1 Å². The average molecular weight is 375 g/mol. The molecule has 7 nitrogen and oxygen atoms in total. The van der Waals surface area contributed by atoms with Crippen LogP contribution in [-0.2, 0) is 11.2 Å². The Morgan fingerprint density at radius 3 is 2.76 bits per heavy atom. The number of anilines is 1. The van der Waals surface area contributed by atoms with Gasteiger partial charge in [-0.05, 0) is 18.1 Å². The van der Waals surface area contributed by atoms with Gasteiger partial charge in [0.05, 0.1) is 5.75 Å². The lowest BCUT2D eigenvalue weighted by Gasteiger charge is -1.99. The van der Waals surface area contributed by atoms with Crippen molar-refractivity contribution in [3.8, 4) is 11.5 Å². The van der Waals surface area contributed by atoms with Crippen LogP contribution in [0.25, 0.3) is 11.5 Å². The highest BCUT2D eigenvalue weighted by atomic mass is 32.2. The van der Waals surface area contributed by atoms with Gasteiger partial charge in [-0.2, -0.15) is 0 Å². The molecule has 0 spiro atoms. The number of hydrogen-bond acceptors (Lipinski definition) is 8. The Balaban J connectivity index is 1.51. The molecule has 130 valence electrons. The minimum Gasteiger partial charge on any atom is -0.411 e. The molecule has 1 N–H and O–H groups in total. The van der Waals surface area contributed by atoms with Crippen LogP contribution in [0.15, 0.2) is 40.0 Å². The molecule has 1 amide bonds. The Morgan fingerprint density at radius 1 is 1.20 bits per heavy atom. The molecule has 3 rings (SSSR count). The average Bonchev–Trinajstić information content (AvgIpc) is 3.23. The van der Waals surface area contributed by atoms with Gasteiger partial charge in [-0.15, -0.1) is 20.4 Å². The van der Waals surface area contributed by atoms with Gasteiger partial charge in [0.1, 0.15) is 5.01 Å². The molecule has 9 heteroatoms. The quantitative estimate of drug-likeness (QED) is 0.631. The predicted octanol–water partition coefficient (Wildman–Crippen LogP) is 3.52. The third-order valence-electron chi connectivity index (χ3n) is 3.05. The Labute approximate surface area is 153 Å². The number of aromatic nitrogens is 4. The van der Waals surface area contributed by atoms with Crippen molar-refractivity contribution in [1.29, 1.82) is 0 Å². The van der Waals surface area contributed by atoms with Gasteiger partial charge in [0.25, 0.3) is 5.22 Å². The number of nitrogens with one attached hydrogen (secondary N) is 1. The van der Waals surface area contributed by atoms with E-state index in [9.17, 15) is 4.79 Å². The molecule has 0 bridgehead atoms. The molecule has 0 saturated heterocycles. The van der Waals surface area contributed by atoms with E-state index < -0.39 is 0 Å². The van der Waals surface area contributed by atoms with E-state index in [1.807, 2.05) is 30.3 Å². The summed E-state index contributed by atoms with van der Waals surface area (Å²) < 4.78 is 5.55. The first-order valence-electron chi connectivity index (χ1n) is 7.74. The second-order valence-electron chi connectivity index (χ2n) is 5.67. The zero-order chi connectivity index (χ0) is 17.6. The van der Waals surface area contributed by atoms with Gasteiger partial charge in [-0.1, -0.05) is 55.1 Å². The summed E-state index contributed by atoms with van der Waals surface area (Å²) in [6.45, 7) is 4.23. The highest BCUT2D eigenvalue weighted by Gasteiger charge is 2.13. The molecule has 1 aromatic carbocycles. The topological polar surface area (TPSA) is 93.8 Å². The SMILES string of the molecule is CC(C)Cc1nnc(NC(=O)CSc2nnc(-c3ccccc3)o2)s1. The standard InChI is InChI=1S/C16H17N5O2S2/c1-10(2)8-13-18-20-15(25-13)17-12(22)9-24-16-21-19-14(23-16)11-6-4-3-5-7-11/h3-7,10H,8-9H2,1-2H3,(H,17,20,22). The van der Waals surface area contributed by atoms with Crippen molar-refractivity contribution in [2.24, 2.45) is 5.92 Å². The summed E-state index contributed by atoms with van der Waals surface area (Å²) in [7, 11) is 0. The zero-order valence-electron chi connectivity index (χ0n) is 13.8. The summed E-state index contributed by atoms with van der Waals surface area (Å²) in [6.07, 6.45) is 0.854. The van der Waals surface area contributed by atoms with Crippen LogP contribution in [0.5, 0.6) is 0 Å². The van der Waals surface area contributed by atoms with Crippen molar-refractivity contribution in [2.45, 2.75) is 25.5 Å². The van der Waals surface area contributed by atoms with Gasteiger partial charge in [0.2, 0.25) is 16.9 Å². The number of rotatable bonds is 7. The second kappa shape index (κ2) is 8.21. The number of thioether (sulfide) groups is 1. The second-order valence-corrected chi connectivity index (χ2v) is 7.66. The lowest BCUT2D eigenvalue weighted by atomic mass is 10.1. The lowest BCUT2D eigenvalue weighted by Crippen LogP contribution is -2.13. The van der Waals surface area contributed by atoms with E-state index in [-0.39, 0.29) is 11.7 Å². The van der Waals surface area contributed by atoms with Gasteiger partial charge in [-0.25, -0.2) is 0 Å². The number of nitrogens with zero attached hydrogens (tertiary/aromatic N) is 4. The maximum Gasteiger partial charge on any atom is 0.277 e. The minimum absolute atomic E-state index is 0.162. The summed E-state index contributed by atoms with van der Waals surface area (Å²) in [5.74, 6) is 0.918. The molecule has 25 heavy (non-hydrogen) atoms. The van der Waals surface area contributed by atoms with Gasteiger partial charge in [0, 0.05) is 12.0 Å².